The molecule has 0 atom stereocenters. The fourth-order valence-corrected chi connectivity index (χ4v) is 2.77. The predicted octanol–water partition coefficient (Wildman–Crippen LogP) is 4.52. The highest BCUT2D eigenvalue weighted by Gasteiger charge is 2.24. The third-order valence-corrected chi connectivity index (χ3v) is 3.99. The maximum absolute atomic E-state index is 3.62. The van der Waals surface area contributed by atoms with E-state index >= 15 is 0 Å². The van der Waals surface area contributed by atoms with Gasteiger partial charge in [0.25, 0.3) is 0 Å². The molecule has 0 amide bonds. The molecule has 1 nitrogen and oxygen atoms in total. The molecule has 1 aromatic carbocycles. The van der Waals surface area contributed by atoms with Crippen molar-refractivity contribution in [3.05, 3.63) is 29.3 Å². The van der Waals surface area contributed by atoms with Gasteiger partial charge in [-0.2, -0.15) is 0 Å². The Morgan fingerprint density at radius 2 is 2.12 bits per heavy atom. The molecular weight excluding hydrogens is 274 g/mol. The highest BCUT2D eigenvalue weighted by atomic mass is 79.9. The number of alkyl halides is 1. The van der Waals surface area contributed by atoms with E-state index in [1.54, 1.807) is 0 Å². The van der Waals surface area contributed by atoms with Gasteiger partial charge in [0.2, 0.25) is 0 Å². The summed E-state index contributed by atoms with van der Waals surface area (Å²) < 4.78 is 0. The lowest BCUT2D eigenvalue weighted by Crippen LogP contribution is -2.27. The summed E-state index contributed by atoms with van der Waals surface area (Å²) in [4.78, 5) is 2.58. The van der Waals surface area contributed by atoms with Crippen molar-refractivity contribution in [3.8, 4) is 0 Å². The van der Waals surface area contributed by atoms with Gasteiger partial charge in [-0.3, -0.25) is 0 Å². The van der Waals surface area contributed by atoms with Gasteiger partial charge in [-0.25, -0.2) is 0 Å². The summed E-state index contributed by atoms with van der Waals surface area (Å²) >= 11 is 3.62. The summed E-state index contributed by atoms with van der Waals surface area (Å²) in [5.41, 5.74) is 4.21. The Morgan fingerprint density at radius 1 is 1.35 bits per heavy atom. The molecule has 0 N–H and O–H groups in total. The molecule has 1 saturated carbocycles. The fourth-order valence-electron chi connectivity index (χ4n) is 2.32. The van der Waals surface area contributed by atoms with Gasteiger partial charge in [0.1, 0.15) is 0 Å². The van der Waals surface area contributed by atoms with E-state index in [1.807, 2.05) is 0 Å². The molecule has 0 saturated heterocycles. The fraction of sp³-hybridized carbons (Fsp3) is 0.600. The van der Waals surface area contributed by atoms with Crippen LogP contribution in [0.4, 0.5) is 5.69 Å². The Labute approximate surface area is 113 Å². The first kappa shape index (κ1) is 12.9. The van der Waals surface area contributed by atoms with Crippen molar-refractivity contribution in [2.75, 3.05) is 18.0 Å². The Balaban J connectivity index is 2.20. The molecule has 0 aromatic heterocycles. The van der Waals surface area contributed by atoms with Crippen LogP contribution in [0.25, 0.3) is 0 Å². The molecule has 0 spiro atoms. The number of anilines is 1. The van der Waals surface area contributed by atoms with Gasteiger partial charge < -0.3 is 4.90 Å². The van der Waals surface area contributed by atoms with Crippen LogP contribution in [0.15, 0.2) is 18.2 Å². The molecule has 0 radical (unpaired) electrons. The molecule has 2 heteroatoms. The maximum atomic E-state index is 3.62. The third-order valence-electron chi connectivity index (χ3n) is 3.39. The monoisotopic (exact) mass is 295 g/mol. The molecular formula is C15H22BrN. The molecule has 2 rings (SSSR count). The molecule has 17 heavy (non-hydrogen) atoms. The number of hydrogen-bond acceptors (Lipinski definition) is 1. The van der Waals surface area contributed by atoms with Crippen molar-refractivity contribution in [1.82, 2.24) is 0 Å². The van der Waals surface area contributed by atoms with Gasteiger partial charge in [0.05, 0.1) is 0 Å². The van der Waals surface area contributed by atoms with Gasteiger partial charge in [0.15, 0.2) is 0 Å². The minimum atomic E-state index is 0.950. The second kappa shape index (κ2) is 5.90. The van der Waals surface area contributed by atoms with Crippen molar-refractivity contribution in [3.63, 3.8) is 0 Å². The molecule has 1 fully saturated rings. The number of benzene rings is 1. The number of aryl methyl sites for hydroxylation is 1. The standard InChI is InChI=1S/C15H22BrN/c1-3-8-17(11-13-5-6-13)15-7-4-12(2)9-14(15)10-16/h4,7,9,13H,3,5-6,8,10-11H2,1-2H3. The van der Waals surface area contributed by atoms with Crippen LogP contribution >= 0.6 is 15.9 Å². The van der Waals surface area contributed by atoms with Gasteiger partial charge in [-0.1, -0.05) is 40.5 Å². The number of rotatable bonds is 6. The van der Waals surface area contributed by atoms with Gasteiger partial charge in [-0.05, 0) is 43.7 Å². The predicted molar refractivity (Wildman–Crippen MR) is 79.0 cm³/mol. The zero-order valence-corrected chi connectivity index (χ0v) is 12.5. The summed E-state index contributed by atoms with van der Waals surface area (Å²) in [6.07, 6.45) is 4.08. The molecule has 0 bridgehead atoms. The average Bonchev–Trinajstić information content (AvgIpc) is 3.12. The molecule has 1 aliphatic carbocycles. The molecule has 0 unspecified atom stereocenters. The van der Waals surface area contributed by atoms with Crippen LogP contribution in [0.3, 0.4) is 0 Å². The van der Waals surface area contributed by atoms with Crippen molar-refractivity contribution in [2.24, 2.45) is 5.92 Å². The Hall–Kier alpha value is -0.500. The van der Waals surface area contributed by atoms with Crippen LogP contribution in [0.2, 0.25) is 0 Å². The molecule has 0 aliphatic heterocycles. The Morgan fingerprint density at radius 3 is 2.71 bits per heavy atom. The first-order valence-electron chi connectivity index (χ1n) is 6.65. The molecule has 94 valence electrons. The normalized spacial score (nSPS) is 15.0. The van der Waals surface area contributed by atoms with Crippen LogP contribution in [-0.4, -0.2) is 13.1 Å². The SMILES string of the molecule is CCCN(CC1CC1)c1ccc(C)cc1CBr. The minimum Gasteiger partial charge on any atom is -0.371 e. The van der Waals surface area contributed by atoms with Crippen LogP contribution in [0.1, 0.15) is 37.3 Å². The van der Waals surface area contributed by atoms with Gasteiger partial charge in [-0.15, -0.1) is 0 Å². The second-order valence-electron chi connectivity index (χ2n) is 5.16. The summed E-state index contributed by atoms with van der Waals surface area (Å²) in [5.74, 6) is 0.950. The Bertz CT molecular complexity index is 371. The lowest BCUT2D eigenvalue weighted by atomic mass is 10.1. The van der Waals surface area contributed by atoms with E-state index in [-0.39, 0.29) is 0 Å². The van der Waals surface area contributed by atoms with E-state index in [0.29, 0.717) is 0 Å². The smallest absolute Gasteiger partial charge is 0.0407 e. The number of nitrogens with zero attached hydrogens (tertiary/aromatic N) is 1. The summed E-state index contributed by atoms with van der Waals surface area (Å²) in [5, 5.41) is 0.953. The van der Waals surface area contributed by atoms with Crippen molar-refractivity contribution >= 4 is 21.6 Å². The quantitative estimate of drug-likeness (QED) is 0.698. The maximum Gasteiger partial charge on any atom is 0.0407 e. The second-order valence-corrected chi connectivity index (χ2v) is 5.72. The lowest BCUT2D eigenvalue weighted by molar-refractivity contribution is 0.706. The first-order valence-corrected chi connectivity index (χ1v) is 7.77. The van der Waals surface area contributed by atoms with E-state index in [0.717, 1.165) is 11.2 Å². The Kier molecular flexibility index (Phi) is 4.49. The summed E-state index contributed by atoms with van der Waals surface area (Å²) in [6.45, 7) is 6.86. The van der Waals surface area contributed by atoms with E-state index < -0.39 is 0 Å². The highest BCUT2D eigenvalue weighted by molar-refractivity contribution is 9.08. The summed E-state index contributed by atoms with van der Waals surface area (Å²) in [6, 6.07) is 6.83. The summed E-state index contributed by atoms with van der Waals surface area (Å²) in [7, 11) is 0. The average molecular weight is 296 g/mol. The zero-order chi connectivity index (χ0) is 12.3. The van der Waals surface area contributed by atoms with Crippen LogP contribution < -0.4 is 4.90 Å². The zero-order valence-electron chi connectivity index (χ0n) is 10.9. The molecule has 0 heterocycles. The first-order chi connectivity index (χ1) is 8.24. The van der Waals surface area contributed by atoms with E-state index in [4.69, 9.17) is 0 Å². The van der Waals surface area contributed by atoms with Gasteiger partial charge >= 0.3 is 0 Å². The highest BCUT2D eigenvalue weighted by Crippen LogP contribution is 2.33. The lowest BCUT2D eigenvalue weighted by Gasteiger charge is -2.26. The molecule has 1 aromatic rings. The van der Waals surface area contributed by atoms with Crippen LogP contribution in [0, 0.1) is 12.8 Å². The topological polar surface area (TPSA) is 3.24 Å². The van der Waals surface area contributed by atoms with Crippen molar-refractivity contribution < 1.29 is 0 Å². The minimum absolute atomic E-state index is 0.950. The largest absolute Gasteiger partial charge is 0.371 e. The van der Waals surface area contributed by atoms with E-state index in [2.05, 4.69) is 52.9 Å². The van der Waals surface area contributed by atoms with Crippen molar-refractivity contribution in [1.29, 1.82) is 0 Å². The third kappa shape index (κ3) is 3.48. The number of hydrogen-bond donors (Lipinski definition) is 0. The van der Waals surface area contributed by atoms with Crippen LogP contribution in [-0.2, 0) is 5.33 Å². The van der Waals surface area contributed by atoms with Gasteiger partial charge in [0, 0.05) is 24.1 Å². The van der Waals surface area contributed by atoms with E-state index in [9.17, 15) is 0 Å². The van der Waals surface area contributed by atoms with Crippen LogP contribution in [0.5, 0.6) is 0 Å². The number of halogens is 1. The molecule has 1 aliphatic rings. The van der Waals surface area contributed by atoms with Crippen molar-refractivity contribution in [2.45, 2.75) is 38.4 Å². The van der Waals surface area contributed by atoms with E-state index in [1.165, 1.54) is 49.2 Å².